The summed E-state index contributed by atoms with van der Waals surface area (Å²) in [4.78, 5) is 0. The number of hydrogen-bond donors (Lipinski definition) is 1. The molecule has 1 rings (SSSR count). The van der Waals surface area contributed by atoms with Crippen LogP contribution >= 0.6 is 0 Å². The van der Waals surface area contributed by atoms with Crippen LogP contribution in [0.4, 0.5) is 0 Å². The quantitative estimate of drug-likeness (QED) is 0.719. The van der Waals surface area contributed by atoms with Gasteiger partial charge in [-0.05, 0) is 37.8 Å². The maximum atomic E-state index is 5.81. The van der Waals surface area contributed by atoms with E-state index in [1.54, 1.807) is 0 Å². The summed E-state index contributed by atoms with van der Waals surface area (Å²) in [7, 11) is 0. The van der Waals surface area contributed by atoms with E-state index < -0.39 is 0 Å². The summed E-state index contributed by atoms with van der Waals surface area (Å²) in [5.74, 6) is 0.428. The van der Waals surface area contributed by atoms with Crippen molar-refractivity contribution in [1.29, 1.82) is 0 Å². The van der Waals surface area contributed by atoms with E-state index in [0.29, 0.717) is 12.5 Å². The molecule has 0 aliphatic rings. The van der Waals surface area contributed by atoms with Crippen LogP contribution in [0.5, 0.6) is 0 Å². The van der Waals surface area contributed by atoms with Crippen LogP contribution in [-0.2, 0) is 4.74 Å². The Morgan fingerprint density at radius 3 is 2.75 bits per heavy atom. The van der Waals surface area contributed by atoms with Crippen molar-refractivity contribution in [3.05, 3.63) is 35.4 Å². The number of aryl methyl sites for hydroxylation is 1. The lowest BCUT2D eigenvalue weighted by Crippen LogP contribution is -2.15. The summed E-state index contributed by atoms with van der Waals surface area (Å²) in [6.45, 7) is 6.60. The first-order chi connectivity index (χ1) is 7.77. The van der Waals surface area contributed by atoms with Gasteiger partial charge in [0.1, 0.15) is 0 Å². The molecule has 0 saturated heterocycles. The van der Waals surface area contributed by atoms with Crippen molar-refractivity contribution in [2.24, 2.45) is 5.73 Å². The third-order valence-corrected chi connectivity index (χ3v) is 2.76. The Morgan fingerprint density at radius 2 is 2.12 bits per heavy atom. The third-order valence-electron chi connectivity index (χ3n) is 2.76. The molecular weight excluding hydrogens is 198 g/mol. The Kier molecular flexibility index (Phi) is 6.12. The Balaban J connectivity index is 2.47. The molecule has 1 aromatic carbocycles. The molecule has 2 heteroatoms. The Morgan fingerprint density at radius 1 is 1.31 bits per heavy atom. The van der Waals surface area contributed by atoms with E-state index in [1.807, 2.05) is 0 Å². The predicted molar refractivity (Wildman–Crippen MR) is 68.7 cm³/mol. The van der Waals surface area contributed by atoms with Gasteiger partial charge in [-0.1, -0.05) is 36.8 Å². The van der Waals surface area contributed by atoms with Gasteiger partial charge in [0, 0.05) is 13.2 Å². The molecule has 0 heterocycles. The summed E-state index contributed by atoms with van der Waals surface area (Å²) in [5.41, 5.74) is 8.45. The summed E-state index contributed by atoms with van der Waals surface area (Å²) in [5, 5.41) is 0. The molecule has 0 bridgehead atoms. The molecule has 1 atom stereocenters. The van der Waals surface area contributed by atoms with Crippen LogP contribution < -0.4 is 5.73 Å². The molecule has 1 unspecified atom stereocenters. The van der Waals surface area contributed by atoms with E-state index in [9.17, 15) is 0 Å². The lowest BCUT2D eigenvalue weighted by atomic mass is 9.95. The highest BCUT2D eigenvalue weighted by atomic mass is 16.5. The van der Waals surface area contributed by atoms with Crippen molar-refractivity contribution >= 4 is 0 Å². The molecule has 1 aromatic rings. The molecule has 0 radical (unpaired) electrons. The number of hydrogen-bond acceptors (Lipinski definition) is 2. The molecule has 0 aliphatic carbocycles. The molecule has 0 saturated carbocycles. The summed E-state index contributed by atoms with van der Waals surface area (Å²) in [6.07, 6.45) is 2.09. The van der Waals surface area contributed by atoms with Gasteiger partial charge in [-0.3, -0.25) is 0 Å². The van der Waals surface area contributed by atoms with Gasteiger partial charge in [0.05, 0.1) is 0 Å². The second kappa shape index (κ2) is 7.42. The van der Waals surface area contributed by atoms with Crippen LogP contribution in [0.1, 0.15) is 36.8 Å². The maximum Gasteiger partial charge on any atom is 0.0472 e. The van der Waals surface area contributed by atoms with Gasteiger partial charge < -0.3 is 10.5 Å². The number of nitrogens with two attached hydrogens (primary N) is 1. The number of benzene rings is 1. The van der Waals surface area contributed by atoms with Gasteiger partial charge in [0.2, 0.25) is 0 Å². The fourth-order valence-electron chi connectivity index (χ4n) is 1.82. The topological polar surface area (TPSA) is 35.2 Å². The zero-order chi connectivity index (χ0) is 11.8. The van der Waals surface area contributed by atoms with Crippen LogP contribution in [0, 0.1) is 6.92 Å². The predicted octanol–water partition coefficient (Wildman–Crippen LogP) is 2.85. The zero-order valence-electron chi connectivity index (χ0n) is 10.4. The highest BCUT2D eigenvalue weighted by molar-refractivity contribution is 5.25. The van der Waals surface area contributed by atoms with Crippen molar-refractivity contribution in [2.75, 3.05) is 19.8 Å². The maximum absolute atomic E-state index is 5.81. The second-order valence-corrected chi connectivity index (χ2v) is 4.25. The standard InChI is InChI=1S/C14H23NO/c1-3-8-16-9-7-14(11-15)13-6-4-5-12(2)10-13/h4-6,10,14H,3,7-9,11,15H2,1-2H3. The van der Waals surface area contributed by atoms with Gasteiger partial charge in [0.25, 0.3) is 0 Å². The largest absolute Gasteiger partial charge is 0.381 e. The molecule has 0 aromatic heterocycles. The summed E-state index contributed by atoms with van der Waals surface area (Å²) in [6, 6.07) is 8.59. The lowest BCUT2D eigenvalue weighted by molar-refractivity contribution is 0.128. The molecule has 16 heavy (non-hydrogen) atoms. The van der Waals surface area contributed by atoms with Crippen LogP contribution in [0.25, 0.3) is 0 Å². The minimum atomic E-state index is 0.428. The van der Waals surface area contributed by atoms with Gasteiger partial charge in [-0.15, -0.1) is 0 Å². The minimum absolute atomic E-state index is 0.428. The molecule has 0 aliphatic heterocycles. The van der Waals surface area contributed by atoms with Crippen LogP contribution in [-0.4, -0.2) is 19.8 Å². The Hall–Kier alpha value is -0.860. The first-order valence-electron chi connectivity index (χ1n) is 6.12. The van der Waals surface area contributed by atoms with E-state index in [2.05, 4.69) is 38.1 Å². The summed E-state index contributed by atoms with van der Waals surface area (Å²) < 4.78 is 5.51. The normalized spacial score (nSPS) is 12.7. The SMILES string of the molecule is CCCOCCC(CN)c1cccc(C)c1. The van der Waals surface area contributed by atoms with E-state index in [4.69, 9.17) is 10.5 Å². The fraction of sp³-hybridized carbons (Fsp3) is 0.571. The second-order valence-electron chi connectivity index (χ2n) is 4.25. The summed E-state index contributed by atoms with van der Waals surface area (Å²) >= 11 is 0. The van der Waals surface area contributed by atoms with Crippen molar-refractivity contribution < 1.29 is 4.74 Å². The number of ether oxygens (including phenoxy) is 1. The highest BCUT2D eigenvalue weighted by Crippen LogP contribution is 2.19. The Bertz CT molecular complexity index is 299. The monoisotopic (exact) mass is 221 g/mol. The van der Waals surface area contributed by atoms with E-state index in [1.165, 1.54) is 11.1 Å². The van der Waals surface area contributed by atoms with Crippen LogP contribution in [0.15, 0.2) is 24.3 Å². The molecule has 2 N–H and O–H groups in total. The fourth-order valence-corrected chi connectivity index (χ4v) is 1.82. The van der Waals surface area contributed by atoms with Crippen LogP contribution in [0.2, 0.25) is 0 Å². The average molecular weight is 221 g/mol. The van der Waals surface area contributed by atoms with E-state index in [-0.39, 0.29) is 0 Å². The highest BCUT2D eigenvalue weighted by Gasteiger charge is 2.09. The molecular formula is C14H23NO. The molecule has 0 amide bonds. The molecule has 0 fully saturated rings. The van der Waals surface area contributed by atoms with Crippen molar-refractivity contribution in [3.8, 4) is 0 Å². The van der Waals surface area contributed by atoms with Crippen molar-refractivity contribution in [3.63, 3.8) is 0 Å². The average Bonchev–Trinajstić information content (AvgIpc) is 2.29. The van der Waals surface area contributed by atoms with Gasteiger partial charge in [0.15, 0.2) is 0 Å². The van der Waals surface area contributed by atoms with Crippen LogP contribution in [0.3, 0.4) is 0 Å². The first kappa shape index (κ1) is 13.2. The van der Waals surface area contributed by atoms with Crippen molar-refractivity contribution in [2.45, 2.75) is 32.6 Å². The third kappa shape index (κ3) is 4.33. The first-order valence-corrected chi connectivity index (χ1v) is 6.12. The van der Waals surface area contributed by atoms with Crippen molar-refractivity contribution in [1.82, 2.24) is 0 Å². The smallest absolute Gasteiger partial charge is 0.0472 e. The Labute approximate surface area is 98.8 Å². The van der Waals surface area contributed by atoms with E-state index in [0.717, 1.165) is 26.1 Å². The van der Waals surface area contributed by atoms with Gasteiger partial charge in [-0.2, -0.15) is 0 Å². The molecule has 2 nitrogen and oxygen atoms in total. The zero-order valence-corrected chi connectivity index (χ0v) is 10.4. The van der Waals surface area contributed by atoms with Gasteiger partial charge >= 0.3 is 0 Å². The van der Waals surface area contributed by atoms with Gasteiger partial charge in [-0.25, -0.2) is 0 Å². The number of rotatable bonds is 7. The lowest BCUT2D eigenvalue weighted by Gasteiger charge is -2.15. The molecule has 90 valence electrons. The molecule has 0 spiro atoms. The van der Waals surface area contributed by atoms with E-state index >= 15 is 0 Å². The minimum Gasteiger partial charge on any atom is -0.381 e.